The van der Waals surface area contributed by atoms with E-state index in [0.29, 0.717) is 5.92 Å². The number of rotatable bonds is 9. The lowest BCUT2D eigenvalue weighted by Crippen LogP contribution is -2.03. The van der Waals surface area contributed by atoms with Gasteiger partial charge in [-0.2, -0.15) is 0 Å². The molecule has 0 spiro atoms. The van der Waals surface area contributed by atoms with Crippen LogP contribution in [0.2, 0.25) is 0 Å². The maximum atomic E-state index is 10.9. The van der Waals surface area contributed by atoms with Gasteiger partial charge in [-0.1, -0.05) is 53.4 Å². The highest BCUT2D eigenvalue weighted by atomic mass is 16.1. The molecule has 90 valence electrons. The monoisotopic (exact) mass is 212 g/mol. The molecule has 0 amide bonds. The Morgan fingerprint density at radius 3 is 1.47 bits per heavy atom. The fourth-order valence-corrected chi connectivity index (χ4v) is 1.86. The van der Waals surface area contributed by atoms with Gasteiger partial charge in [0, 0.05) is 5.92 Å². The molecule has 0 aliphatic rings. The summed E-state index contributed by atoms with van der Waals surface area (Å²) in [6, 6.07) is 0. The van der Waals surface area contributed by atoms with Gasteiger partial charge in [0.25, 0.3) is 0 Å². The number of carbonyl (C=O) groups excluding carboxylic acids is 1. The molecule has 0 aliphatic heterocycles. The third-order valence-corrected chi connectivity index (χ3v) is 2.91. The summed E-state index contributed by atoms with van der Waals surface area (Å²) < 4.78 is 0. The van der Waals surface area contributed by atoms with Gasteiger partial charge in [0.15, 0.2) is 0 Å². The van der Waals surface area contributed by atoms with E-state index in [-0.39, 0.29) is 0 Å². The van der Waals surface area contributed by atoms with Crippen LogP contribution < -0.4 is 0 Å². The van der Waals surface area contributed by atoms with Gasteiger partial charge in [-0.25, -0.2) is 0 Å². The summed E-state index contributed by atoms with van der Waals surface area (Å²) in [6.07, 6.45) is 8.30. The summed E-state index contributed by atoms with van der Waals surface area (Å²) in [6.45, 7) is 8.98. The van der Waals surface area contributed by atoms with Crippen LogP contribution in [0, 0.1) is 17.8 Å². The zero-order valence-corrected chi connectivity index (χ0v) is 11.0. The molecule has 0 heterocycles. The Bertz CT molecular complexity index is 135. The fraction of sp³-hybridized carbons (Fsp3) is 0.929. The van der Waals surface area contributed by atoms with Crippen molar-refractivity contribution < 1.29 is 4.79 Å². The van der Waals surface area contributed by atoms with Gasteiger partial charge in [-0.3, -0.25) is 0 Å². The van der Waals surface area contributed by atoms with Crippen molar-refractivity contribution in [2.45, 2.75) is 66.2 Å². The van der Waals surface area contributed by atoms with Crippen LogP contribution in [0.5, 0.6) is 0 Å². The summed E-state index contributed by atoms with van der Waals surface area (Å²) in [5.74, 6) is 1.86. The lowest BCUT2D eigenvalue weighted by Gasteiger charge is -2.11. The van der Waals surface area contributed by atoms with Crippen LogP contribution in [0.15, 0.2) is 0 Å². The normalized spacial score (nSPS) is 11.7. The third-order valence-electron chi connectivity index (χ3n) is 2.91. The topological polar surface area (TPSA) is 17.1 Å². The van der Waals surface area contributed by atoms with Crippen molar-refractivity contribution in [2.75, 3.05) is 0 Å². The van der Waals surface area contributed by atoms with Crippen LogP contribution in [0.4, 0.5) is 0 Å². The van der Waals surface area contributed by atoms with Gasteiger partial charge in [0.05, 0.1) is 0 Å². The summed E-state index contributed by atoms with van der Waals surface area (Å²) in [5.41, 5.74) is 0. The van der Waals surface area contributed by atoms with Gasteiger partial charge in [-0.05, 0) is 24.7 Å². The van der Waals surface area contributed by atoms with Crippen LogP contribution in [-0.2, 0) is 4.79 Å². The summed E-state index contributed by atoms with van der Waals surface area (Å²) in [7, 11) is 0. The van der Waals surface area contributed by atoms with Crippen LogP contribution in [0.3, 0.4) is 0 Å². The Hall–Kier alpha value is -0.330. The van der Waals surface area contributed by atoms with Crippen LogP contribution >= 0.6 is 0 Å². The van der Waals surface area contributed by atoms with Crippen LogP contribution in [-0.4, -0.2) is 6.29 Å². The van der Waals surface area contributed by atoms with E-state index in [4.69, 9.17) is 0 Å². The second kappa shape index (κ2) is 8.94. The molecule has 1 nitrogen and oxygen atoms in total. The van der Waals surface area contributed by atoms with E-state index >= 15 is 0 Å². The van der Waals surface area contributed by atoms with Gasteiger partial charge in [0.2, 0.25) is 0 Å². The van der Waals surface area contributed by atoms with Crippen molar-refractivity contribution >= 4 is 6.29 Å². The molecule has 0 aromatic rings. The summed E-state index contributed by atoms with van der Waals surface area (Å²) >= 11 is 0. The average molecular weight is 212 g/mol. The van der Waals surface area contributed by atoms with Crippen molar-refractivity contribution in [3.63, 3.8) is 0 Å². The zero-order chi connectivity index (χ0) is 11.7. The van der Waals surface area contributed by atoms with Gasteiger partial charge < -0.3 is 4.79 Å². The first-order chi connectivity index (χ1) is 7.06. The molecule has 0 aromatic heterocycles. The molecular formula is C14H28O. The first kappa shape index (κ1) is 14.7. The highest BCUT2D eigenvalue weighted by Crippen LogP contribution is 2.17. The second-order valence-corrected chi connectivity index (χ2v) is 5.55. The molecule has 0 bridgehead atoms. The Morgan fingerprint density at radius 2 is 1.20 bits per heavy atom. The highest BCUT2D eigenvalue weighted by molar-refractivity contribution is 5.53. The summed E-state index contributed by atoms with van der Waals surface area (Å²) in [4.78, 5) is 10.9. The van der Waals surface area contributed by atoms with Gasteiger partial charge in [-0.15, -0.1) is 0 Å². The zero-order valence-electron chi connectivity index (χ0n) is 11.0. The van der Waals surface area contributed by atoms with E-state index in [9.17, 15) is 4.79 Å². The Labute approximate surface area is 95.6 Å². The molecule has 0 unspecified atom stereocenters. The molecule has 0 aliphatic carbocycles. The van der Waals surface area contributed by atoms with E-state index in [1.54, 1.807) is 0 Å². The standard InChI is InChI=1S/C14H28O/c1-12(2)7-5-9-14(11-15)10-6-8-13(3)4/h11-14H,5-10H2,1-4H3. The first-order valence-electron chi connectivity index (χ1n) is 6.51. The van der Waals surface area contributed by atoms with Crippen molar-refractivity contribution in [1.29, 1.82) is 0 Å². The molecule has 1 heteroatoms. The molecule has 0 atom stereocenters. The van der Waals surface area contributed by atoms with Crippen molar-refractivity contribution in [2.24, 2.45) is 17.8 Å². The summed E-state index contributed by atoms with van der Waals surface area (Å²) in [5, 5.41) is 0. The van der Waals surface area contributed by atoms with Crippen molar-refractivity contribution in [3.05, 3.63) is 0 Å². The fourth-order valence-electron chi connectivity index (χ4n) is 1.86. The van der Waals surface area contributed by atoms with E-state index in [2.05, 4.69) is 27.7 Å². The molecule has 0 aromatic carbocycles. The van der Waals surface area contributed by atoms with Gasteiger partial charge in [0.1, 0.15) is 6.29 Å². The number of hydrogen-bond donors (Lipinski definition) is 0. The van der Waals surface area contributed by atoms with E-state index in [0.717, 1.165) is 24.7 Å². The Morgan fingerprint density at radius 1 is 0.800 bits per heavy atom. The van der Waals surface area contributed by atoms with E-state index < -0.39 is 0 Å². The van der Waals surface area contributed by atoms with Gasteiger partial charge >= 0.3 is 0 Å². The second-order valence-electron chi connectivity index (χ2n) is 5.55. The van der Waals surface area contributed by atoms with E-state index in [1.807, 2.05) is 0 Å². The molecule has 0 saturated carbocycles. The largest absolute Gasteiger partial charge is 0.303 e. The first-order valence-corrected chi connectivity index (χ1v) is 6.51. The maximum Gasteiger partial charge on any atom is 0.123 e. The minimum Gasteiger partial charge on any atom is -0.303 e. The lowest BCUT2D eigenvalue weighted by atomic mass is 9.93. The molecule has 0 radical (unpaired) electrons. The van der Waals surface area contributed by atoms with Crippen LogP contribution in [0.1, 0.15) is 66.2 Å². The minimum absolute atomic E-state index is 0.322. The third kappa shape index (κ3) is 9.96. The number of hydrogen-bond acceptors (Lipinski definition) is 1. The maximum absolute atomic E-state index is 10.9. The SMILES string of the molecule is CC(C)CCCC(C=O)CCCC(C)C. The van der Waals surface area contributed by atoms with Crippen molar-refractivity contribution in [1.82, 2.24) is 0 Å². The van der Waals surface area contributed by atoms with Crippen molar-refractivity contribution in [3.8, 4) is 0 Å². The predicted molar refractivity (Wildman–Crippen MR) is 66.9 cm³/mol. The molecular weight excluding hydrogens is 184 g/mol. The number of aldehydes is 1. The lowest BCUT2D eigenvalue weighted by molar-refractivity contribution is -0.111. The molecule has 0 fully saturated rings. The van der Waals surface area contributed by atoms with Crippen LogP contribution in [0.25, 0.3) is 0 Å². The molecule has 0 rings (SSSR count). The van der Waals surface area contributed by atoms with E-state index in [1.165, 1.54) is 32.0 Å². The quantitative estimate of drug-likeness (QED) is 0.516. The average Bonchev–Trinajstić information content (AvgIpc) is 2.14. The minimum atomic E-state index is 0.322. The Kier molecular flexibility index (Phi) is 8.74. The molecule has 0 saturated heterocycles. The molecule has 0 N–H and O–H groups in total. The molecule has 15 heavy (non-hydrogen) atoms. The Balaban J connectivity index is 3.50. The predicted octanol–water partition coefficient (Wildman–Crippen LogP) is 4.45. The smallest absolute Gasteiger partial charge is 0.123 e. The highest BCUT2D eigenvalue weighted by Gasteiger charge is 2.07. The number of carbonyl (C=O) groups is 1.